The lowest BCUT2D eigenvalue weighted by Crippen LogP contribution is -2.61. The molecule has 9 atom stereocenters. The molecule has 5 heterocycles. The number of aromatic hydroxyl groups is 1. The molecule has 2 aliphatic heterocycles. The average molecular weight is 1320 g/mol. The second-order valence-electron chi connectivity index (χ2n) is 24.4. The summed E-state index contributed by atoms with van der Waals surface area (Å²) in [6, 6.07) is 10.5. The summed E-state index contributed by atoms with van der Waals surface area (Å²) in [6.45, 7) is 6.25. The molecular formula is C66H86N18O12. The van der Waals surface area contributed by atoms with Crippen LogP contribution in [0.15, 0.2) is 115 Å². The van der Waals surface area contributed by atoms with E-state index in [9.17, 15) is 48.6 Å². The predicted molar refractivity (Wildman–Crippen MR) is 352 cm³/mol. The number of carbonyl (C=O) groups is 10. The zero-order chi connectivity index (χ0) is 68.8. The van der Waals surface area contributed by atoms with Crippen LogP contribution in [-0.4, -0.2) is 185 Å². The highest BCUT2D eigenvalue weighted by Crippen LogP contribution is 2.21. The van der Waals surface area contributed by atoms with Crippen LogP contribution in [0.4, 0.5) is 0 Å². The van der Waals surface area contributed by atoms with Gasteiger partial charge in [0.05, 0.1) is 36.7 Å². The Bertz CT molecular complexity index is 3680. The first-order valence-corrected chi connectivity index (χ1v) is 32.1. The quantitative estimate of drug-likeness (QED) is 0.0131. The first-order valence-electron chi connectivity index (χ1n) is 32.1. The predicted octanol–water partition coefficient (Wildman–Crippen LogP) is -0.997. The minimum Gasteiger partial charge on any atom is -0.508 e. The number of hydrogen-bond acceptors (Lipinski definition) is 16. The number of imide groups is 1. The Morgan fingerprint density at radius 2 is 1.28 bits per heavy atom. The van der Waals surface area contributed by atoms with E-state index >= 15 is 9.59 Å². The van der Waals surface area contributed by atoms with Crippen LogP contribution in [0, 0.1) is 5.92 Å². The summed E-state index contributed by atoms with van der Waals surface area (Å²) in [5, 5.41) is 45.8. The maximum atomic E-state index is 15.1. The van der Waals surface area contributed by atoms with E-state index in [1.807, 2.05) is 62.1 Å². The third kappa shape index (κ3) is 20.8. The van der Waals surface area contributed by atoms with Crippen molar-refractivity contribution < 1.29 is 58.2 Å². The van der Waals surface area contributed by atoms with Gasteiger partial charge in [0.2, 0.25) is 59.1 Å². The zero-order valence-corrected chi connectivity index (χ0v) is 53.8. The number of aliphatic hydroxyl groups is 1. The van der Waals surface area contributed by atoms with Gasteiger partial charge in [0.1, 0.15) is 54.1 Å². The van der Waals surface area contributed by atoms with Crippen LogP contribution < -0.4 is 59.3 Å². The number of benzene rings is 3. The number of likely N-dealkylation sites (tertiary alicyclic amines) is 1. The Hall–Kier alpha value is -10.5. The molecule has 0 aliphatic carbocycles. The van der Waals surface area contributed by atoms with Crippen LogP contribution in [0.3, 0.4) is 0 Å². The number of imidazole rings is 2. The van der Waals surface area contributed by atoms with Gasteiger partial charge in [-0.3, -0.25) is 63.2 Å². The molecule has 17 N–H and O–H groups in total. The number of aromatic amines is 2. The molecule has 3 aromatic heterocycles. The van der Waals surface area contributed by atoms with Gasteiger partial charge in [-0.1, -0.05) is 81.4 Å². The smallest absolute Gasteiger partial charge is 0.249 e. The first-order chi connectivity index (χ1) is 46.1. The molecule has 0 radical (unpaired) electrons. The maximum Gasteiger partial charge on any atom is 0.249 e. The van der Waals surface area contributed by atoms with Crippen LogP contribution in [0.25, 0.3) is 10.9 Å². The van der Waals surface area contributed by atoms with Crippen molar-refractivity contribution >= 4 is 75.9 Å². The van der Waals surface area contributed by atoms with Crippen molar-refractivity contribution in [3.8, 4) is 5.75 Å². The summed E-state index contributed by atoms with van der Waals surface area (Å²) in [4.78, 5) is 162. The number of phenolic OH excluding ortho intramolecular Hbond substituents is 1. The minimum atomic E-state index is -1.80. The van der Waals surface area contributed by atoms with Gasteiger partial charge in [0.25, 0.3) is 0 Å². The Labute approximate surface area is 554 Å². The monoisotopic (exact) mass is 1320 g/mol. The third-order valence-electron chi connectivity index (χ3n) is 16.6. The second kappa shape index (κ2) is 34.6. The number of rotatable bonds is 34. The number of nitrogens with two attached hydrogens (primary N) is 2. The van der Waals surface area contributed by atoms with E-state index in [1.165, 1.54) is 36.8 Å². The standard InChI is InChI=1S/C66H86N18O12/c1-4-84-25-11-17-55(84)65(96)82-58(89)47(16-10-24-70-66(67)68)75-59(90)49(26-38(2)3)76-63(94)53(30-43-34-83(37-73-43)33-40-12-6-5-7-13-40)80-60(91)50(27-39-18-20-44(86)21-19-39)77-64(95)54(35-85)81-61(92)51(28-41-31-71-46-15-9-8-14-45(41)46)78-62(93)52(29-42-32-69-36-72-42)79-57(88)48-22-23-56(87)74-48/h5-9,12-15,18-21,31-32,34,36-38,47-55,71,85-86H,4,10-11,16-17,22-30,33,35H2,1-3H3,(H,69,72)(H,74,87)(H,75,90)(H,76,94)(H,77,95)(H,78,93)(H,79,88)(H,80,91)(H,81,92)(H4,67,68,70)(H,82,89,96)/t47-,48-,49-,50-,51-,52-,53+,54-,55-/m0/s1. The molecule has 3 aromatic carbocycles. The Morgan fingerprint density at radius 1 is 0.667 bits per heavy atom. The van der Waals surface area contributed by atoms with Crippen molar-refractivity contribution in [2.75, 3.05) is 26.2 Å². The van der Waals surface area contributed by atoms with Gasteiger partial charge in [-0.2, -0.15) is 0 Å². The second-order valence-corrected chi connectivity index (χ2v) is 24.4. The molecule has 30 heteroatoms. The highest BCUT2D eigenvalue weighted by atomic mass is 16.3. The van der Waals surface area contributed by atoms with E-state index in [0.29, 0.717) is 59.5 Å². The number of nitrogens with one attached hydrogen (secondary N) is 11. The molecule has 6 aromatic rings. The number of para-hydroxylation sites is 1. The van der Waals surface area contributed by atoms with Crippen LogP contribution in [0.2, 0.25) is 0 Å². The highest BCUT2D eigenvalue weighted by Gasteiger charge is 2.38. The van der Waals surface area contributed by atoms with E-state index < -0.39 is 114 Å². The lowest BCUT2D eigenvalue weighted by Gasteiger charge is -2.28. The largest absolute Gasteiger partial charge is 0.508 e. The molecule has 0 unspecified atom stereocenters. The van der Waals surface area contributed by atoms with Crippen molar-refractivity contribution in [3.63, 3.8) is 0 Å². The molecule has 0 saturated carbocycles. The number of aliphatic hydroxyl groups excluding tert-OH is 1. The number of carbonyl (C=O) groups excluding carboxylic acids is 10. The van der Waals surface area contributed by atoms with Gasteiger partial charge < -0.3 is 78.7 Å². The molecule has 512 valence electrons. The first kappa shape index (κ1) is 71.4. The summed E-state index contributed by atoms with van der Waals surface area (Å²) >= 11 is 0. The zero-order valence-electron chi connectivity index (χ0n) is 53.8. The van der Waals surface area contributed by atoms with Crippen LogP contribution >= 0.6 is 0 Å². The molecule has 0 bridgehead atoms. The summed E-state index contributed by atoms with van der Waals surface area (Å²) in [5.41, 5.74) is 14.5. The van der Waals surface area contributed by atoms with Crippen molar-refractivity contribution in [3.05, 3.63) is 138 Å². The van der Waals surface area contributed by atoms with Gasteiger partial charge in [-0.25, -0.2) is 9.97 Å². The molecule has 30 nitrogen and oxygen atoms in total. The van der Waals surface area contributed by atoms with E-state index in [0.717, 1.165) is 12.0 Å². The number of fused-ring (bicyclic) bond motifs is 1. The Morgan fingerprint density at radius 3 is 1.93 bits per heavy atom. The summed E-state index contributed by atoms with van der Waals surface area (Å²) in [6.07, 6.45) is 8.71. The van der Waals surface area contributed by atoms with E-state index in [-0.39, 0.29) is 87.9 Å². The minimum absolute atomic E-state index is 0.00774. The van der Waals surface area contributed by atoms with Crippen LogP contribution in [-0.2, 0) is 80.2 Å². The van der Waals surface area contributed by atoms with Gasteiger partial charge in [0, 0.05) is 74.7 Å². The van der Waals surface area contributed by atoms with Gasteiger partial charge in [0.15, 0.2) is 5.96 Å². The fourth-order valence-electron chi connectivity index (χ4n) is 11.6. The number of H-pyrrole nitrogens is 2. The van der Waals surface area contributed by atoms with Gasteiger partial charge >= 0.3 is 0 Å². The number of likely N-dealkylation sites (N-methyl/N-ethyl adjacent to an activating group) is 1. The number of nitrogens with zero attached hydrogens (tertiary/aromatic N) is 5. The molecule has 2 fully saturated rings. The Kier molecular flexibility index (Phi) is 25.7. The van der Waals surface area contributed by atoms with Crippen LogP contribution in [0.1, 0.15) is 93.8 Å². The SMILES string of the molecule is CCN1CCC[C@H]1C(=O)NC(=O)[C@H](CCCN=C(N)N)NC(=O)[C@H](CC(C)C)NC(=O)[C@@H](Cc1cn(Cc2ccccc2)cn1)NC(=O)[C@H](Cc1ccc(O)cc1)NC(=O)[C@H](CO)NC(=O)[C@H](Cc1c[nH]c2ccccc12)NC(=O)[C@H](Cc1c[nH]cn1)NC(=O)[C@@H]1CCC(=O)N1. The molecule has 0 spiro atoms. The summed E-state index contributed by atoms with van der Waals surface area (Å²) < 4.78 is 1.77. The van der Waals surface area contributed by atoms with Gasteiger partial charge in [-0.05, 0) is 92.4 Å². The number of hydrogen-bond donors (Lipinski definition) is 15. The highest BCUT2D eigenvalue weighted by molar-refractivity contribution is 6.02. The van der Waals surface area contributed by atoms with Crippen molar-refractivity contribution in [1.29, 1.82) is 0 Å². The number of phenols is 1. The number of amides is 10. The maximum absolute atomic E-state index is 15.1. The molecule has 10 amide bonds. The fraction of sp³-hybridized carbons (Fsp3) is 0.439. The van der Waals surface area contributed by atoms with Gasteiger partial charge in [-0.15, -0.1) is 0 Å². The van der Waals surface area contributed by atoms with Crippen LogP contribution in [0.5, 0.6) is 5.75 Å². The topological polar surface area (TPSA) is 449 Å². The van der Waals surface area contributed by atoms with Crippen molar-refractivity contribution in [2.45, 2.75) is 152 Å². The molecule has 96 heavy (non-hydrogen) atoms. The summed E-state index contributed by atoms with van der Waals surface area (Å²) in [5.74, 6) is -8.29. The fourth-order valence-corrected chi connectivity index (χ4v) is 11.6. The molecular weight excluding hydrogens is 1240 g/mol. The summed E-state index contributed by atoms with van der Waals surface area (Å²) in [7, 11) is 0. The number of guanidine groups is 1. The number of aliphatic imine (C=N–C) groups is 1. The third-order valence-corrected chi connectivity index (χ3v) is 16.6. The van der Waals surface area contributed by atoms with E-state index in [2.05, 4.69) is 72.8 Å². The van der Waals surface area contributed by atoms with E-state index in [1.54, 1.807) is 41.5 Å². The molecule has 8 rings (SSSR count). The van der Waals surface area contributed by atoms with Crippen molar-refractivity contribution in [2.24, 2.45) is 22.4 Å². The molecule has 2 saturated heterocycles. The molecule has 2 aliphatic rings. The Balaban J connectivity index is 1.05. The number of aromatic nitrogens is 5. The lowest BCUT2D eigenvalue weighted by molar-refractivity contribution is -0.137. The lowest BCUT2D eigenvalue weighted by atomic mass is 10.0. The van der Waals surface area contributed by atoms with E-state index in [4.69, 9.17) is 11.5 Å². The average Bonchev–Trinajstić information content (AvgIpc) is 1.81. The normalized spacial score (nSPS) is 16.7. The van der Waals surface area contributed by atoms with Crippen molar-refractivity contribution in [1.82, 2.24) is 77.3 Å².